The van der Waals surface area contributed by atoms with E-state index in [4.69, 9.17) is 4.74 Å². The predicted molar refractivity (Wildman–Crippen MR) is 86.0 cm³/mol. The number of fused-ring (bicyclic) bond motifs is 1. The van der Waals surface area contributed by atoms with Crippen LogP contribution < -0.4 is 10.1 Å². The predicted octanol–water partition coefficient (Wildman–Crippen LogP) is 2.54. The van der Waals surface area contributed by atoms with Crippen LogP contribution >= 0.6 is 11.3 Å². The summed E-state index contributed by atoms with van der Waals surface area (Å²) < 4.78 is 29.4. The molecule has 7 heteroatoms. The van der Waals surface area contributed by atoms with Crippen molar-refractivity contribution in [3.05, 3.63) is 18.2 Å². The lowest BCUT2D eigenvalue weighted by Gasteiger charge is -2.07. The molecule has 2 aromatic rings. The second-order valence-electron chi connectivity index (χ2n) is 5.23. The van der Waals surface area contributed by atoms with E-state index in [-0.39, 0.29) is 5.92 Å². The molecule has 5 nitrogen and oxygen atoms in total. The van der Waals surface area contributed by atoms with Crippen LogP contribution in [0, 0.1) is 5.92 Å². The molecule has 114 valence electrons. The summed E-state index contributed by atoms with van der Waals surface area (Å²) in [5.41, 5.74) is 0.935. The standard InChI is InChI=1S/C14H18N2O3S2/c1-2-19-11-3-4-12-13(7-11)20-14(16-12)15-8-10-5-6-21(17,18)9-10/h3-4,7,10H,2,5-6,8-9H2,1H3,(H,15,16). The van der Waals surface area contributed by atoms with E-state index in [2.05, 4.69) is 10.3 Å². The first-order chi connectivity index (χ1) is 10.1. The van der Waals surface area contributed by atoms with Crippen molar-refractivity contribution in [1.82, 2.24) is 4.98 Å². The average molecular weight is 326 g/mol. The van der Waals surface area contributed by atoms with Crippen LogP contribution in [0.2, 0.25) is 0 Å². The molecule has 0 amide bonds. The van der Waals surface area contributed by atoms with Gasteiger partial charge in [-0.2, -0.15) is 0 Å². The van der Waals surface area contributed by atoms with E-state index in [1.807, 2.05) is 25.1 Å². The van der Waals surface area contributed by atoms with Gasteiger partial charge in [-0.25, -0.2) is 13.4 Å². The van der Waals surface area contributed by atoms with Crippen molar-refractivity contribution in [2.45, 2.75) is 13.3 Å². The lowest BCUT2D eigenvalue weighted by atomic mass is 10.1. The maximum atomic E-state index is 11.4. The Labute approximate surface area is 128 Å². The molecule has 1 aromatic heterocycles. The maximum Gasteiger partial charge on any atom is 0.183 e. The molecule has 21 heavy (non-hydrogen) atoms. The number of ether oxygens (including phenoxy) is 1. The van der Waals surface area contributed by atoms with E-state index >= 15 is 0 Å². The zero-order valence-corrected chi connectivity index (χ0v) is 13.5. The van der Waals surface area contributed by atoms with Crippen LogP contribution in [0.4, 0.5) is 5.13 Å². The van der Waals surface area contributed by atoms with E-state index < -0.39 is 9.84 Å². The molecular weight excluding hydrogens is 308 g/mol. The first-order valence-electron chi connectivity index (χ1n) is 7.03. The van der Waals surface area contributed by atoms with Crippen LogP contribution in [-0.2, 0) is 9.84 Å². The van der Waals surface area contributed by atoms with Crippen LogP contribution in [0.25, 0.3) is 10.2 Å². The van der Waals surface area contributed by atoms with Crippen LogP contribution in [0.5, 0.6) is 5.75 Å². The lowest BCUT2D eigenvalue weighted by Crippen LogP contribution is -2.15. The summed E-state index contributed by atoms with van der Waals surface area (Å²) in [4.78, 5) is 4.51. The fourth-order valence-corrected chi connectivity index (χ4v) is 5.26. The van der Waals surface area contributed by atoms with E-state index in [0.717, 1.165) is 27.5 Å². The van der Waals surface area contributed by atoms with Crippen molar-refractivity contribution < 1.29 is 13.2 Å². The molecule has 1 aromatic carbocycles. The van der Waals surface area contributed by atoms with E-state index in [9.17, 15) is 8.42 Å². The SMILES string of the molecule is CCOc1ccc2nc(NCC3CCS(=O)(=O)C3)sc2c1. The van der Waals surface area contributed by atoms with Gasteiger partial charge in [0.1, 0.15) is 5.75 Å². The number of benzene rings is 1. The zero-order chi connectivity index (χ0) is 14.9. The van der Waals surface area contributed by atoms with Gasteiger partial charge in [0.05, 0.1) is 28.3 Å². The highest BCUT2D eigenvalue weighted by atomic mass is 32.2. The minimum Gasteiger partial charge on any atom is -0.494 e. The summed E-state index contributed by atoms with van der Waals surface area (Å²) in [5.74, 6) is 1.65. The molecule has 0 spiro atoms. The number of sulfone groups is 1. The molecular formula is C14H18N2O3S2. The van der Waals surface area contributed by atoms with Gasteiger partial charge < -0.3 is 10.1 Å². The Morgan fingerprint density at radius 1 is 1.48 bits per heavy atom. The average Bonchev–Trinajstić information content (AvgIpc) is 2.99. The fraction of sp³-hybridized carbons (Fsp3) is 0.500. The van der Waals surface area contributed by atoms with Crippen LogP contribution in [0.1, 0.15) is 13.3 Å². The zero-order valence-electron chi connectivity index (χ0n) is 11.8. The number of hydrogen-bond donors (Lipinski definition) is 1. The number of nitrogens with zero attached hydrogens (tertiary/aromatic N) is 1. The van der Waals surface area contributed by atoms with Gasteiger partial charge in [-0.15, -0.1) is 0 Å². The topological polar surface area (TPSA) is 68.3 Å². The second-order valence-corrected chi connectivity index (χ2v) is 8.49. The molecule has 0 aliphatic carbocycles. The van der Waals surface area contributed by atoms with Gasteiger partial charge in [-0.1, -0.05) is 11.3 Å². The lowest BCUT2D eigenvalue weighted by molar-refractivity contribution is 0.341. The summed E-state index contributed by atoms with van der Waals surface area (Å²) in [7, 11) is -2.81. The minimum atomic E-state index is -2.81. The third-order valence-corrected chi connectivity index (χ3v) is 6.35. The summed E-state index contributed by atoms with van der Waals surface area (Å²) in [6.45, 7) is 3.27. The third kappa shape index (κ3) is 3.47. The Balaban J connectivity index is 1.67. The molecule has 1 N–H and O–H groups in total. The van der Waals surface area contributed by atoms with Gasteiger partial charge in [0.2, 0.25) is 0 Å². The maximum absolute atomic E-state index is 11.4. The highest BCUT2D eigenvalue weighted by Crippen LogP contribution is 2.30. The smallest absolute Gasteiger partial charge is 0.183 e. The Hall–Kier alpha value is -1.34. The Kier molecular flexibility index (Phi) is 4.03. The first kappa shape index (κ1) is 14.6. The van der Waals surface area contributed by atoms with Crippen molar-refractivity contribution in [1.29, 1.82) is 0 Å². The molecule has 0 radical (unpaired) electrons. The number of rotatable bonds is 5. The molecule has 0 bridgehead atoms. The van der Waals surface area contributed by atoms with E-state index in [1.54, 1.807) is 11.3 Å². The number of aromatic nitrogens is 1. The molecule has 1 unspecified atom stereocenters. The summed E-state index contributed by atoms with van der Waals surface area (Å²) in [6.07, 6.45) is 0.745. The monoisotopic (exact) mass is 326 g/mol. The van der Waals surface area contributed by atoms with Gasteiger partial charge in [-0.3, -0.25) is 0 Å². The van der Waals surface area contributed by atoms with E-state index in [0.29, 0.717) is 24.7 Å². The normalized spacial score (nSPS) is 20.7. The molecule has 1 aliphatic heterocycles. The third-order valence-electron chi connectivity index (χ3n) is 3.54. The van der Waals surface area contributed by atoms with Crippen LogP contribution in [-0.4, -0.2) is 38.1 Å². The van der Waals surface area contributed by atoms with Crippen molar-refractivity contribution in [2.75, 3.05) is 30.0 Å². The molecule has 1 atom stereocenters. The first-order valence-corrected chi connectivity index (χ1v) is 9.67. The van der Waals surface area contributed by atoms with Crippen molar-refractivity contribution in [2.24, 2.45) is 5.92 Å². The van der Waals surface area contributed by atoms with Gasteiger partial charge in [-0.05, 0) is 37.5 Å². The number of anilines is 1. The summed E-state index contributed by atoms with van der Waals surface area (Å²) in [6, 6.07) is 5.85. The van der Waals surface area contributed by atoms with Gasteiger partial charge in [0.25, 0.3) is 0 Å². The molecule has 1 aliphatic rings. The second kappa shape index (κ2) is 5.81. The number of hydrogen-bond acceptors (Lipinski definition) is 6. The summed E-state index contributed by atoms with van der Waals surface area (Å²) >= 11 is 1.57. The Morgan fingerprint density at radius 2 is 2.33 bits per heavy atom. The van der Waals surface area contributed by atoms with Gasteiger partial charge in [0, 0.05) is 6.54 Å². The van der Waals surface area contributed by atoms with Crippen molar-refractivity contribution >= 4 is 36.5 Å². The van der Waals surface area contributed by atoms with Gasteiger partial charge >= 0.3 is 0 Å². The highest BCUT2D eigenvalue weighted by Gasteiger charge is 2.27. The minimum absolute atomic E-state index is 0.195. The largest absolute Gasteiger partial charge is 0.494 e. The summed E-state index contributed by atoms with van der Waals surface area (Å²) in [5, 5.41) is 4.10. The molecule has 1 fully saturated rings. The Morgan fingerprint density at radius 3 is 3.05 bits per heavy atom. The van der Waals surface area contributed by atoms with Crippen LogP contribution in [0.15, 0.2) is 18.2 Å². The number of nitrogens with one attached hydrogen (secondary N) is 1. The van der Waals surface area contributed by atoms with Crippen molar-refractivity contribution in [3.8, 4) is 5.75 Å². The molecule has 1 saturated heterocycles. The van der Waals surface area contributed by atoms with Crippen molar-refractivity contribution in [3.63, 3.8) is 0 Å². The van der Waals surface area contributed by atoms with Gasteiger partial charge in [0.15, 0.2) is 15.0 Å². The highest BCUT2D eigenvalue weighted by molar-refractivity contribution is 7.91. The molecule has 3 rings (SSSR count). The van der Waals surface area contributed by atoms with Crippen LogP contribution in [0.3, 0.4) is 0 Å². The molecule has 2 heterocycles. The molecule has 0 saturated carbocycles. The fourth-order valence-electron chi connectivity index (χ4n) is 2.50. The van der Waals surface area contributed by atoms with E-state index in [1.165, 1.54) is 0 Å². The quantitative estimate of drug-likeness (QED) is 0.914. The number of thiazole rings is 1. The Bertz CT molecular complexity index is 740.